The molecule has 0 amide bonds. The molecule has 1 aliphatic heterocycles. The molecular formula is C19H21F4N3. The second kappa shape index (κ2) is 7.23. The van der Waals surface area contributed by atoms with E-state index in [0.29, 0.717) is 18.0 Å². The van der Waals surface area contributed by atoms with Gasteiger partial charge in [0, 0.05) is 17.9 Å². The van der Waals surface area contributed by atoms with Gasteiger partial charge in [0.15, 0.2) is 0 Å². The van der Waals surface area contributed by atoms with Crippen LogP contribution in [0.25, 0.3) is 0 Å². The molecule has 0 spiro atoms. The molecule has 1 atom stereocenters. The predicted octanol–water partition coefficient (Wildman–Crippen LogP) is 5.10. The number of hydrogen-bond acceptors (Lipinski definition) is 3. The standard InChI is InChI=1S/C19H21F4N3/c1-3-13(4-2)25-11-26-16-6-5-12(20)9-15(16)18(19(21,22)23)14-7-8-24-10-17(14)26/h5-10,13,18,25H,3-4,11H2,1-2H3. The number of anilines is 2. The number of nitrogens with one attached hydrogen (secondary N) is 1. The van der Waals surface area contributed by atoms with Gasteiger partial charge in [0.25, 0.3) is 0 Å². The zero-order valence-electron chi connectivity index (χ0n) is 14.6. The molecule has 0 aliphatic carbocycles. The minimum atomic E-state index is -4.52. The van der Waals surface area contributed by atoms with Gasteiger partial charge in [-0.1, -0.05) is 13.8 Å². The van der Waals surface area contributed by atoms with Gasteiger partial charge in [-0.05, 0) is 48.2 Å². The Morgan fingerprint density at radius 2 is 1.85 bits per heavy atom. The van der Waals surface area contributed by atoms with E-state index in [2.05, 4.69) is 24.1 Å². The van der Waals surface area contributed by atoms with Crippen molar-refractivity contribution in [3.05, 3.63) is 53.6 Å². The van der Waals surface area contributed by atoms with Crippen molar-refractivity contribution in [3.8, 4) is 0 Å². The Morgan fingerprint density at radius 3 is 2.50 bits per heavy atom. The molecule has 7 heteroatoms. The van der Waals surface area contributed by atoms with Crippen LogP contribution in [0.3, 0.4) is 0 Å². The van der Waals surface area contributed by atoms with Gasteiger partial charge in [-0.25, -0.2) is 4.39 Å². The summed E-state index contributed by atoms with van der Waals surface area (Å²) in [7, 11) is 0. The van der Waals surface area contributed by atoms with Gasteiger partial charge < -0.3 is 4.90 Å². The van der Waals surface area contributed by atoms with E-state index >= 15 is 0 Å². The average molecular weight is 367 g/mol. The Kier molecular flexibility index (Phi) is 5.18. The topological polar surface area (TPSA) is 28.2 Å². The van der Waals surface area contributed by atoms with Crippen molar-refractivity contribution >= 4 is 11.4 Å². The molecule has 2 aromatic rings. The molecule has 26 heavy (non-hydrogen) atoms. The molecular weight excluding hydrogens is 346 g/mol. The highest BCUT2D eigenvalue weighted by atomic mass is 19.4. The van der Waals surface area contributed by atoms with Gasteiger partial charge in [0.1, 0.15) is 11.7 Å². The molecule has 140 valence electrons. The van der Waals surface area contributed by atoms with Crippen LogP contribution in [0.1, 0.15) is 43.7 Å². The van der Waals surface area contributed by atoms with Gasteiger partial charge in [0.2, 0.25) is 0 Å². The van der Waals surface area contributed by atoms with E-state index in [1.807, 2.05) is 0 Å². The molecule has 1 unspecified atom stereocenters. The van der Waals surface area contributed by atoms with Crippen LogP contribution in [-0.4, -0.2) is 23.9 Å². The fraction of sp³-hybridized carbons (Fsp3) is 0.421. The number of aromatic nitrogens is 1. The smallest absolute Gasteiger partial charge is 0.326 e. The van der Waals surface area contributed by atoms with Crippen molar-refractivity contribution in [2.75, 3.05) is 11.6 Å². The van der Waals surface area contributed by atoms with Gasteiger partial charge >= 0.3 is 6.18 Å². The van der Waals surface area contributed by atoms with Crippen molar-refractivity contribution in [1.29, 1.82) is 0 Å². The first-order valence-electron chi connectivity index (χ1n) is 8.67. The SMILES string of the molecule is CCC(CC)NCN1c2ccc(F)cc2C(C(F)(F)F)c2ccncc21. The lowest BCUT2D eigenvalue weighted by Gasteiger charge is -2.38. The summed E-state index contributed by atoms with van der Waals surface area (Å²) in [5.74, 6) is -2.54. The van der Waals surface area contributed by atoms with E-state index in [0.717, 1.165) is 18.9 Å². The van der Waals surface area contributed by atoms with Crippen LogP contribution in [0.5, 0.6) is 0 Å². The summed E-state index contributed by atoms with van der Waals surface area (Å²) in [5.41, 5.74) is 0.777. The molecule has 3 rings (SSSR count). The number of pyridine rings is 1. The van der Waals surface area contributed by atoms with E-state index in [-0.39, 0.29) is 17.2 Å². The molecule has 3 nitrogen and oxygen atoms in total. The molecule has 0 fully saturated rings. The lowest BCUT2D eigenvalue weighted by Crippen LogP contribution is -2.40. The predicted molar refractivity (Wildman–Crippen MR) is 93.0 cm³/mol. The van der Waals surface area contributed by atoms with E-state index in [1.54, 1.807) is 4.90 Å². The summed E-state index contributed by atoms with van der Waals surface area (Å²) in [4.78, 5) is 5.76. The highest BCUT2D eigenvalue weighted by molar-refractivity contribution is 5.75. The average Bonchev–Trinajstić information content (AvgIpc) is 2.60. The highest BCUT2D eigenvalue weighted by Gasteiger charge is 2.47. The summed E-state index contributed by atoms with van der Waals surface area (Å²) in [5, 5.41) is 3.36. The van der Waals surface area contributed by atoms with Gasteiger partial charge in [0.05, 0.1) is 18.6 Å². The van der Waals surface area contributed by atoms with Gasteiger partial charge in [-0.2, -0.15) is 13.2 Å². The third-order valence-corrected chi connectivity index (χ3v) is 4.88. The number of rotatable bonds is 5. The number of hydrogen-bond donors (Lipinski definition) is 1. The van der Waals surface area contributed by atoms with Crippen LogP contribution in [0.15, 0.2) is 36.7 Å². The van der Waals surface area contributed by atoms with Crippen LogP contribution in [-0.2, 0) is 0 Å². The Balaban J connectivity index is 2.10. The summed E-state index contributed by atoms with van der Waals surface area (Å²) in [6.07, 6.45) is 0.0776. The number of alkyl halides is 3. The van der Waals surface area contributed by atoms with Crippen molar-refractivity contribution in [2.24, 2.45) is 0 Å². The second-order valence-electron chi connectivity index (χ2n) is 6.42. The maximum atomic E-state index is 13.8. The van der Waals surface area contributed by atoms with E-state index in [9.17, 15) is 17.6 Å². The normalized spacial score (nSPS) is 16.6. The Labute approximate surface area is 150 Å². The van der Waals surface area contributed by atoms with Crippen molar-refractivity contribution in [2.45, 2.75) is 44.8 Å². The summed E-state index contributed by atoms with van der Waals surface area (Å²) < 4.78 is 55.2. The largest absolute Gasteiger partial charge is 0.399 e. The quantitative estimate of drug-likeness (QED) is 0.745. The Morgan fingerprint density at radius 1 is 1.12 bits per heavy atom. The molecule has 1 aliphatic rings. The third kappa shape index (κ3) is 3.40. The minimum Gasteiger partial charge on any atom is -0.326 e. The summed E-state index contributed by atoms with van der Waals surface area (Å²) in [6.45, 7) is 4.43. The van der Waals surface area contributed by atoms with Crippen LogP contribution in [0.2, 0.25) is 0 Å². The second-order valence-corrected chi connectivity index (χ2v) is 6.42. The van der Waals surface area contributed by atoms with Gasteiger partial charge in [-0.15, -0.1) is 0 Å². The first kappa shape index (κ1) is 18.6. The van der Waals surface area contributed by atoms with Crippen LogP contribution < -0.4 is 10.2 Å². The Bertz CT molecular complexity index is 772. The molecule has 0 radical (unpaired) electrons. The third-order valence-electron chi connectivity index (χ3n) is 4.88. The maximum absolute atomic E-state index is 13.8. The fourth-order valence-corrected chi connectivity index (χ4v) is 3.49. The Hall–Kier alpha value is -2.15. The molecule has 0 bridgehead atoms. The van der Waals surface area contributed by atoms with Crippen LogP contribution in [0.4, 0.5) is 28.9 Å². The molecule has 1 N–H and O–H groups in total. The van der Waals surface area contributed by atoms with E-state index in [1.165, 1.54) is 30.6 Å². The fourth-order valence-electron chi connectivity index (χ4n) is 3.49. The molecule has 1 aromatic heterocycles. The first-order valence-corrected chi connectivity index (χ1v) is 8.67. The van der Waals surface area contributed by atoms with Crippen LogP contribution >= 0.6 is 0 Å². The van der Waals surface area contributed by atoms with Crippen molar-refractivity contribution in [1.82, 2.24) is 10.3 Å². The van der Waals surface area contributed by atoms with Crippen molar-refractivity contribution in [3.63, 3.8) is 0 Å². The van der Waals surface area contributed by atoms with Gasteiger partial charge in [-0.3, -0.25) is 10.3 Å². The lowest BCUT2D eigenvalue weighted by atomic mass is 9.85. The zero-order valence-corrected chi connectivity index (χ0v) is 14.6. The van der Waals surface area contributed by atoms with Crippen molar-refractivity contribution < 1.29 is 17.6 Å². The lowest BCUT2D eigenvalue weighted by molar-refractivity contribution is -0.141. The van der Waals surface area contributed by atoms with Crippen LogP contribution in [0, 0.1) is 5.82 Å². The number of nitrogens with zero attached hydrogens (tertiary/aromatic N) is 2. The molecule has 0 saturated heterocycles. The maximum Gasteiger partial charge on any atom is 0.399 e. The molecule has 1 aromatic carbocycles. The first-order chi connectivity index (χ1) is 12.4. The molecule has 2 heterocycles. The zero-order chi connectivity index (χ0) is 18.9. The highest BCUT2D eigenvalue weighted by Crippen LogP contribution is 2.51. The molecule has 0 saturated carbocycles. The number of fused-ring (bicyclic) bond motifs is 2. The minimum absolute atomic E-state index is 0.0671. The van der Waals surface area contributed by atoms with E-state index < -0.39 is 17.9 Å². The number of halogens is 4. The summed E-state index contributed by atoms with van der Waals surface area (Å²) in [6, 6.07) is 5.21. The van der Waals surface area contributed by atoms with E-state index in [4.69, 9.17) is 0 Å². The number of benzene rings is 1. The monoisotopic (exact) mass is 367 g/mol. The summed E-state index contributed by atoms with van der Waals surface area (Å²) >= 11 is 0.